The molecule has 1 aromatic rings. The molecule has 0 saturated carbocycles. The lowest BCUT2D eigenvalue weighted by atomic mass is 9.96. The zero-order valence-corrected chi connectivity index (χ0v) is 12.4. The second-order valence-electron chi connectivity index (χ2n) is 4.87. The van der Waals surface area contributed by atoms with Crippen LogP contribution < -0.4 is 5.32 Å². The average molecular weight is 281 g/mol. The predicted molar refractivity (Wildman–Crippen MR) is 80.9 cm³/mol. The minimum Gasteiger partial charge on any atom is -0.396 e. The Labute approximate surface area is 119 Å². The van der Waals surface area contributed by atoms with Crippen molar-refractivity contribution in [1.29, 1.82) is 0 Å². The Balaban J connectivity index is 1.87. The molecule has 0 radical (unpaired) electrons. The van der Waals surface area contributed by atoms with Gasteiger partial charge in [-0.05, 0) is 44.8 Å². The second-order valence-corrected chi connectivity index (χ2v) is 6.09. The lowest BCUT2D eigenvalue weighted by Gasteiger charge is -2.19. The van der Waals surface area contributed by atoms with E-state index in [1.165, 1.54) is 24.1 Å². The van der Waals surface area contributed by atoms with Crippen molar-refractivity contribution in [3.05, 3.63) is 17.1 Å². The van der Waals surface area contributed by atoms with Crippen LogP contribution in [0.15, 0.2) is 0 Å². The van der Waals surface area contributed by atoms with E-state index in [1.807, 2.05) is 18.7 Å². The number of anilines is 1. The highest BCUT2D eigenvalue weighted by atomic mass is 32.2. The van der Waals surface area contributed by atoms with E-state index >= 15 is 0 Å². The van der Waals surface area contributed by atoms with Gasteiger partial charge in [-0.25, -0.2) is 9.97 Å². The molecule has 1 aromatic heterocycles. The van der Waals surface area contributed by atoms with Crippen LogP contribution in [0.25, 0.3) is 0 Å². The van der Waals surface area contributed by atoms with Crippen molar-refractivity contribution in [3.8, 4) is 0 Å². The number of rotatable bonds is 7. The Kier molecular flexibility index (Phi) is 5.92. The summed E-state index contributed by atoms with van der Waals surface area (Å²) in [7, 11) is 0. The number of fused-ring (bicyclic) bond motifs is 1. The topological polar surface area (TPSA) is 58.0 Å². The summed E-state index contributed by atoms with van der Waals surface area (Å²) in [5.74, 6) is 4.00. The predicted octanol–water partition coefficient (Wildman–Crippen LogP) is 2.19. The number of aliphatic hydroxyl groups excluding tert-OH is 1. The van der Waals surface area contributed by atoms with Gasteiger partial charge in [-0.2, -0.15) is 11.8 Å². The third kappa shape index (κ3) is 4.35. The first-order chi connectivity index (χ1) is 9.31. The molecule has 106 valence electrons. The van der Waals surface area contributed by atoms with Crippen molar-refractivity contribution >= 4 is 17.6 Å². The van der Waals surface area contributed by atoms with E-state index in [1.54, 1.807) is 0 Å². The third-order valence-corrected chi connectivity index (χ3v) is 4.35. The van der Waals surface area contributed by atoms with Crippen LogP contribution in [-0.2, 0) is 12.8 Å². The fourth-order valence-electron chi connectivity index (χ4n) is 2.37. The zero-order valence-electron chi connectivity index (χ0n) is 11.6. The van der Waals surface area contributed by atoms with Crippen molar-refractivity contribution < 1.29 is 5.11 Å². The molecule has 1 aliphatic carbocycles. The highest BCUT2D eigenvalue weighted by molar-refractivity contribution is 7.99. The van der Waals surface area contributed by atoms with Crippen LogP contribution in [0.5, 0.6) is 0 Å². The average Bonchev–Trinajstić information content (AvgIpc) is 2.42. The van der Waals surface area contributed by atoms with Gasteiger partial charge in [-0.1, -0.05) is 0 Å². The van der Waals surface area contributed by atoms with E-state index in [2.05, 4.69) is 15.3 Å². The van der Waals surface area contributed by atoms with E-state index in [-0.39, 0.29) is 0 Å². The van der Waals surface area contributed by atoms with Crippen LogP contribution in [-0.4, -0.2) is 39.7 Å². The van der Waals surface area contributed by atoms with Gasteiger partial charge in [0, 0.05) is 30.2 Å². The van der Waals surface area contributed by atoms with E-state index in [4.69, 9.17) is 5.11 Å². The summed E-state index contributed by atoms with van der Waals surface area (Å²) in [6, 6.07) is 0. The molecule has 0 amide bonds. The highest BCUT2D eigenvalue weighted by Crippen LogP contribution is 2.25. The van der Waals surface area contributed by atoms with E-state index in [0.29, 0.717) is 6.61 Å². The lowest BCUT2D eigenvalue weighted by Crippen LogP contribution is -2.15. The normalized spacial score (nSPS) is 14.2. The Morgan fingerprint density at radius 1 is 1.21 bits per heavy atom. The molecule has 0 fully saturated rings. The molecule has 1 heterocycles. The Morgan fingerprint density at radius 3 is 2.89 bits per heavy atom. The molecule has 19 heavy (non-hydrogen) atoms. The summed E-state index contributed by atoms with van der Waals surface area (Å²) in [6.45, 7) is 3.19. The summed E-state index contributed by atoms with van der Waals surface area (Å²) in [6.07, 6.45) is 5.58. The number of hydrogen-bond donors (Lipinski definition) is 2. The minimum atomic E-state index is 0.291. The molecule has 5 heteroatoms. The molecule has 0 aromatic carbocycles. The third-order valence-electron chi connectivity index (χ3n) is 3.28. The number of hydrogen-bond acceptors (Lipinski definition) is 5. The number of thioether (sulfide) groups is 1. The standard InChI is InChI=1S/C14H23N3OS/c1-11-16-13-6-3-2-5-12(13)14(17-11)15-7-10-19-9-4-8-18/h18H,2-10H2,1H3,(H,15,16,17). The summed E-state index contributed by atoms with van der Waals surface area (Å²) in [5.41, 5.74) is 2.58. The quantitative estimate of drug-likeness (QED) is 0.750. The van der Waals surface area contributed by atoms with E-state index in [9.17, 15) is 0 Å². The molecule has 2 N–H and O–H groups in total. The summed E-state index contributed by atoms with van der Waals surface area (Å²) in [5, 5.41) is 12.2. The van der Waals surface area contributed by atoms with Crippen LogP contribution in [0.1, 0.15) is 36.3 Å². The van der Waals surface area contributed by atoms with Crippen molar-refractivity contribution in [2.24, 2.45) is 0 Å². The molecule has 0 saturated heterocycles. The van der Waals surface area contributed by atoms with Crippen LogP contribution in [0.4, 0.5) is 5.82 Å². The van der Waals surface area contributed by atoms with Crippen molar-refractivity contribution in [2.45, 2.75) is 39.0 Å². The summed E-state index contributed by atoms with van der Waals surface area (Å²) in [4.78, 5) is 9.11. The molecule has 0 bridgehead atoms. The van der Waals surface area contributed by atoms with E-state index in [0.717, 1.165) is 49.0 Å². The molecule has 0 atom stereocenters. The van der Waals surface area contributed by atoms with Gasteiger partial charge in [-0.3, -0.25) is 0 Å². The van der Waals surface area contributed by atoms with Gasteiger partial charge in [0.15, 0.2) is 0 Å². The molecular formula is C14H23N3OS. The Hall–Kier alpha value is -0.810. The second kappa shape index (κ2) is 7.70. The first-order valence-electron chi connectivity index (χ1n) is 7.10. The number of aliphatic hydroxyl groups is 1. The smallest absolute Gasteiger partial charge is 0.133 e. The Morgan fingerprint density at radius 2 is 2.05 bits per heavy atom. The van der Waals surface area contributed by atoms with Crippen LogP contribution >= 0.6 is 11.8 Å². The largest absolute Gasteiger partial charge is 0.396 e. The first-order valence-corrected chi connectivity index (χ1v) is 8.25. The number of aryl methyl sites for hydroxylation is 2. The molecule has 0 spiro atoms. The van der Waals surface area contributed by atoms with Gasteiger partial charge in [0.2, 0.25) is 0 Å². The van der Waals surface area contributed by atoms with Gasteiger partial charge < -0.3 is 10.4 Å². The van der Waals surface area contributed by atoms with Gasteiger partial charge in [0.25, 0.3) is 0 Å². The van der Waals surface area contributed by atoms with Gasteiger partial charge in [0.05, 0.1) is 0 Å². The van der Waals surface area contributed by atoms with Crippen molar-refractivity contribution in [3.63, 3.8) is 0 Å². The first kappa shape index (κ1) is 14.6. The fraction of sp³-hybridized carbons (Fsp3) is 0.714. The monoisotopic (exact) mass is 281 g/mol. The molecule has 1 aliphatic rings. The fourth-order valence-corrected chi connectivity index (χ4v) is 3.16. The van der Waals surface area contributed by atoms with Gasteiger partial charge >= 0.3 is 0 Å². The summed E-state index contributed by atoms with van der Waals surface area (Å²) < 4.78 is 0. The van der Waals surface area contributed by atoms with E-state index < -0.39 is 0 Å². The maximum Gasteiger partial charge on any atom is 0.133 e. The Bertz CT molecular complexity index is 412. The molecule has 0 unspecified atom stereocenters. The van der Waals surface area contributed by atoms with Crippen LogP contribution in [0.2, 0.25) is 0 Å². The number of nitrogens with one attached hydrogen (secondary N) is 1. The van der Waals surface area contributed by atoms with Gasteiger partial charge in [0.1, 0.15) is 11.6 Å². The maximum absolute atomic E-state index is 8.72. The zero-order chi connectivity index (χ0) is 13.5. The molecule has 4 nitrogen and oxygen atoms in total. The summed E-state index contributed by atoms with van der Waals surface area (Å²) >= 11 is 1.87. The molecule has 0 aliphatic heterocycles. The van der Waals surface area contributed by atoms with Crippen LogP contribution in [0, 0.1) is 6.92 Å². The van der Waals surface area contributed by atoms with Gasteiger partial charge in [-0.15, -0.1) is 0 Å². The molecular weight excluding hydrogens is 258 g/mol. The number of nitrogens with zero attached hydrogens (tertiary/aromatic N) is 2. The van der Waals surface area contributed by atoms with Crippen molar-refractivity contribution in [2.75, 3.05) is 30.0 Å². The minimum absolute atomic E-state index is 0.291. The van der Waals surface area contributed by atoms with Crippen molar-refractivity contribution in [1.82, 2.24) is 9.97 Å². The lowest BCUT2D eigenvalue weighted by molar-refractivity contribution is 0.296. The molecule has 2 rings (SSSR count). The maximum atomic E-state index is 8.72. The highest BCUT2D eigenvalue weighted by Gasteiger charge is 2.16. The SMILES string of the molecule is Cc1nc2c(c(NCCSCCCO)n1)CCCC2. The number of aromatic nitrogens is 2. The van der Waals surface area contributed by atoms with Crippen LogP contribution in [0.3, 0.4) is 0 Å².